The van der Waals surface area contributed by atoms with E-state index in [1.165, 1.54) is 0 Å². The number of benzene rings is 1. The molecule has 0 spiro atoms. The molecule has 0 fully saturated rings. The van der Waals surface area contributed by atoms with Crippen molar-refractivity contribution in [3.63, 3.8) is 0 Å². The molecule has 1 aliphatic rings. The van der Waals surface area contributed by atoms with Crippen LogP contribution in [0.1, 0.15) is 62.4 Å². The Bertz CT molecular complexity index is 667. The van der Waals surface area contributed by atoms with Crippen molar-refractivity contribution in [2.45, 2.75) is 52.9 Å². The number of amides is 1. The quantitative estimate of drug-likeness (QED) is 0.610. The lowest BCUT2D eigenvalue weighted by atomic mass is 9.68. The number of nitrogens with one attached hydrogen (secondary N) is 1. The summed E-state index contributed by atoms with van der Waals surface area (Å²) < 4.78 is 0. The fourth-order valence-corrected chi connectivity index (χ4v) is 3.55. The molecule has 2 N–H and O–H groups in total. The predicted octanol–water partition coefficient (Wildman–Crippen LogP) is 3.59. The second kappa shape index (κ2) is 7.16. The molecule has 0 saturated heterocycles. The summed E-state index contributed by atoms with van der Waals surface area (Å²) in [4.78, 5) is 26.8. The molecular weight excluding hydrogens is 316 g/mol. The first-order chi connectivity index (χ1) is 11.6. The fraction of sp³-hybridized carbons (Fsp3) is 0.600. The zero-order chi connectivity index (χ0) is 18.8. The van der Waals surface area contributed by atoms with E-state index < -0.39 is 5.41 Å². The van der Waals surface area contributed by atoms with Gasteiger partial charge in [-0.3, -0.25) is 14.8 Å². The number of Topliss-reactive ketones (excluding diaryl/α,β-unsaturated/α-hetero) is 1. The van der Waals surface area contributed by atoms with Crippen molar-refractivity contribution in [3.8, 4) is 0 Å². The van der Waals surface area contributed by atoms with Gasteiger partial charge >= 0.3 is 0 Å². The van der Waals surface area contributed by atoms with E-state index in [9.17, 15) is 9.59 Å². The van der Waals surface area contributed by atoms with Gasteiger partial charge < -0.3 is 4.90 Å². The van der Waals surface area contributed by atoms with Crippen molar-refractivity contribution in [1.82, 2.24) is 5.48 Å². The van der Waals surface area contributed by atoms with Crippen LogP contribution in [0.15, 0.2) is 18.2 Å². The Morgan fingerprint density at radius 1 is 1.36 bits per heavy atom. The van der Waals surface area contributed by atoms with E-state index in [2.05, 4.69) is 12.1 Å². The Morgan fingerprint density at radius 2 is 2.04 bits per heavy atom. The van der Waals surface area contributed by atoms with Gasteiger partial charge in [0.25, 0.3) is 0 Å². The molecule has 1 amide bonds. The van der Waals surface area contributed by atoms with Crippen LogP contribution in [0.3, 0.4) is 0 Å². The second-order valence-corrected chi connectivity index (χ2v) is 8.30. The Morgan fingerprint density at radius 3 is 2.64 bits per heavy atom. The second-order valence-electron chi connectivity index (χ2n) is 8.30. The van der Waals surface area contributed by atoms with Gasteiger partial charge in [0.15, 0.2) is 5.78 Å². The van der Waals surface area contributed by atoms with Crippen molar-refractivity contribution in [2.24, 2.45) is 10.8 Å². The van der Waals surface area contributed by atoms with Crippen LogP contribution in [0.5, 0.6) is 0 Å². The number of hydroxylamine groups is 1. The molecule has 0 aromatic heterocycles. The van der Waals surface area contributed by atoms with Crippen molar-refractivity contribution >= 4 is 17.4 Å². The third-order valence-corrected chi connectivity index (χ3v) is 5.60. The standard InChI is InChI=1S/C20H30N2O3/c1-19(2,18(24)21-25)10-6-11-20(3)12-9-14-7-8-15(22(4)5)13-16(14)17(20)23/h7-8,13,25H,6,9-12H2,1-5H3,(H,21,24). The van der Waals surface area contributed by atoms with Crippen LogP contribution < -0.4 is 10.4 Å². The maximum atomic E-state index is 13.1. The van der Waals surface area contributed by atoms with Crippen LogP contribution in [0, 0.1) is 10.8 Å². The van der Waals surface area contributed by atoms with E-state index in [4.69, 9.17) is 5.21 Å². The highest BCUT2D eigenvalue weighted by atomic mass is 16.5. The first-order valence-electron chi connectivity index (χ1n) is 8.90. The number of aryl methyl sites for hydroxylation is 1. The Balaban J connectivity index is 2.11. The third-order valence-electron chi connectivity index (χ3n) is 5.60. The van der Waals surface area contributed by atoms with Crippen LogP contribution >= 0.6 is 0 Å². The minimum atomic E-state index is -0.640. The molecule has 2 rings (SSSR count). The van der Waals surface area contributed by atoms with E-state index in [1.54, 1.807) is 5.48 Å². The summed E-state index contributed by atoms with van der Waals surface area (Å²) in [6, 6.07) is 6.12. The lowest BCUT2D eigenvalue weighted by Crippen LogP contribution is -2.36. The summed E-state index contributed by atoms with van der Waals surface area (Å²) in [5, 5.41) is 8.83. The van der Waals surface area contributed by atoms with Gasteiger partial charge in [0.05, 0.1) is 0 Å². The number of rotatable bonds is 6. The normalized spacial score (nSPS) is 20.2. The first kappa shape index (κ1) is 19.4. The highest BCUT2D eigenvalue weighted by molar-refractivity contribution is 6.03. The van der Waals surface area contributed by atoms with Gasteiger partial charge in [-0.25, -0.2) is 5.48 Å². The topological polar surface area (TPSA) is 69.6 Å². The largest absolute Gasteiger partial charge is 0.378 e. The molecule has 5 heteroatoms. The highest BCUT2D eigenvalue weighted by Gasteiger charge is 2.39. The number of carbonyl (C=O) groups is 2. The number of hydrogen-bond donors (Lipinski definition) is 2. The summed E-state index contributed by atoms with van der Waals surface area (Å²) in [7, 11) is 3.95. The zero-order valence-electron chi connectivity index (χ0n) is 16.0. The number of carbonyl (C=O) groups excluding carboxylic acids is 2. The highest BCUT2D eigenvalue weighted by Crippen LogP contribution is 2.41. The molecule has 1 aromatic rings. The SMILES string of the molecule is CN(C)c1ccc2c(c1)C(=O)C(C)(CCCC(C)(C)C(=O)NO)CC2. The molecule has 25 heavy (non-hydrogen) atoms. The predicted molar refractivity (Wildman–Crippen MR) is 99.1 cm³/mol. The van der Waals surface area contributed by atoms with Crippen molar-refractivity contribution in [1.29, 1.82) is 0 Å². The summed E-state index contributed by atoms with van der Waals surface area (Å²) >= 11 is 0. The van der Waals surface area contributed by atoms with Gasteiger partial charge in [-0.1, -0.05) is 33.3 Å². The Labute approximate surface area is 150 Å². The number of hydrogen-bond acceptors (Lipinski definition) is 4. The molecule has 1 aromatic carbocycles. The minimum Gasteiger partial charge on any atom is -0.378 e. The maximum absolute atomic E-state index is 13.1. The third kappa shape index (κ3) is 4.03. The van der Waals surface area contributed by atoms with Gasteiger partial charge in [-0.2, -0.15) is 0 Å². The van der Waals surface area contributed by atoms with E-state index in [0.29, 0.717) is 6.42 Å². The lowest BCUT2D eigenvalue weighted by Gasteiger charge is -2.34. The van der Waals surface area contributed by atoms with E-state index >= 15 is 0 Å². The van der Waals surface area contributed by atoms with Gasteiger partial charge in [0, 0.05) is 36.2 Å². The number of nitrogens with zero attached hydrogens (tertiary/aromatic N) is 1. The molecule has 0 radical (unpaired) electrons. The molecule has 0 bridgehead atoms. The summed E-state index contributed by atoms with van der Waals surface area (Å²) in [5.74, 6) is -0.171. The molecule has 0 aliphatic heterocycles. The number of ketones is 1. The monoisotopic (exact) mass is 346 g/mol. The average Bonchev–Trinajstić information content (AvgIpc) is 2.57. The number of fused-ring (bicyclic) bond motifs is 1. The van der Waals surface area contributed by atoms with Gasteiger partial charge in [0.1, 0.15) is 0 Å². The summed E-state index contributed by atoms with van der Waals surface area (Å²) in [6.07, 6.45) is 3.90. The minimum absolute atomic E-state index is 0.210. The molecule has 0 saturated carbocycles. The Kier molecular flexibility index (Phi) is 5.57. The molecule has 1 atom stereocenters. The van der Waals surface area contributed by atoms with Crippen LogP contribution in [0.4, 0.5) is 5.69 Å². The van der Waals surface area contributed by atoms with Gasteiger partial charge in [-0.05, 0) is 43.4 Å². The zero-order valence-corrected chi connectivity index (χ0v) is 16.0. The smallest absolute Gasteiger partial charge is 0.248 e. The molecule has 1 aliphatic carbocycles. The maximum Gasteiger partial charge on any atom is 0.248 e. The van der Waals surface area contributed by atoms with Gasteiger partial charge in [-0.15, -0.1) is 0 Å². The van der Waals surface area contributed by atoms with Crippen LogP contribution in [0.25, 0.3) is 0 Å². The van der Waals surface area contributed by atoms with Crippen molar-refractivity contribution < 1.29 is 14.8 Å². The van der Waals surface area contributed by atoms with E-state index in [1.807, 2.05) is 45.8 Å². The number of anilines is 1. The molecule has 1 unspecified atom stereocenters. The Hall–Kier alpha value is -1.88. The van der Waals surface area contributed by atoms with E-state index in [0.717, 1.165) is 42.5 Å². The molecular formula is C20H30N2O3. The summed E-state index contributed by atoms with van der Waals surface area (Å²) in [5.41, 5.74) is 3.72. The fourth-order valence-electron chi connectivity index (χ4n) is 3.55. The lowest BCUT2D eigenvalue weighted by molar-refractivity contribution is -0.138. The molecule has 138 valence electrons. The first-order valence-corrected chi connectivity index (χ1v) is 8.90. The molecule has 5 nitrogen and oxygen atoms in total. The summed E-state index contributed by atoms with van der Waals surface area (Å²) in [6.45, 7) is 5.66. The van der Waals surface area contributed by atoms with Crippen LogP contribution in [-0.4, -0.2) is 31.0 Å². The van der Waals surface area contributed by atoms with Crippen molar-refractivity contribution in [2.75, 3.05) is 19.0 Å². The van der Waals surface area contributed by atoms with E-state index in [-0.39, 0.29) is 17.1 Å². The molecule has 0 heterocycles. The van der Waals surface area contributed by atoms with Crippen LogP contribution in [-0.2, 0) is 11.2 Å². The average molecular weight is 346 g/mol. The van der Waals surface area contributed by atoms with Crippen molar-refractivity contribution in [3.05, 3.63) is 29.3 Å². The van der Waals surface area contributed by atoms with Gasteiger partial charge in [0.2, 0.25) is 5.91 Å². The van der Waals surface area contributed by atoms with Crippen LogP contribution in [0.2, 0.25) is 0 Å².